The number of nitrogens with one attached hydrogen (secondary N) is 2. The van der Waals surface area contributed by atoms with E-state index in [0.717, 1.165) is 11.3 Å². The summed E-state index contributed by atoms with van der Waals surface area (Å²) < 4.78 is 11.0. The second-order valence-corrected chi connectivity index (χ2v) is 8.61. The van der Waals surface area contributed by atoms with Crippen molar-refractivity contribution in [3.8, 4) is 17.6 Å². The van der Waals surface area contributed by atoms with Crippen LogP contribution in [0.5, 0.6) is 11.5 Å². The van der Waals surface area contributed by atoms with Crippen LogP contribution in [0.1, 0.15) is 15.2 Å². The predicted octanol–water partition coefficient (Wildman–Crippen LogP) is 4.88. The van der Waals surface area contributed by atoms with Crippen molar-refractivity contribution >= 4 is 67.8 Å². The highest BCUT2D eigenvalue weighted by Crippen LogP contribution is 2.53. The van der Waals surface area contributed by atoms with Crippen molar-refractivity contribution in [3.05, 3.63) is 58.3 Å². The van der Waals surface area contributed by atoms with E-state index < -0.39 is 11.9 Å². The van der Waals surface area contributed by atoms with E-state index >= 15 is 0 Å². The largest absolute Gasteiger partial charge is 0.454 e. The molecule has 166 valence electrons. The number of benzene rings is 1. The Balaban J connectivity index is 1.56. The quantitative estimate of drug-likeness (QED) is 0.418. The number of anilines is 4. The second-order valence-electron chi connectivity index (χ2n) is 7.20. The highest BCUT2D eigenvalue weighted by Gasteiger charge is 2.38. The zero-order chi connectivity index (χ0) is 23.4. The van der Waals surface area contributed by atoms with Gasteiger partial charge in [-0.05, 0) is 24.3 Å². The number of carbonyl (C=O) groups excluding carboxylic acids is 2. The number of urea groups is 1. The Labute approximate surface area is 200 Å². The molecule has 0 radical (unpaired) electrons. The van der Waals surface area contributed by atoms with Crippen LogP contribution in [-0.4, -0.2) is 28.7 Å². The number of nitriles is 1. The fourth-order valence-corrected chi connectivity index (χ4v) is 5.12. The molecule has 0 saturated heterocycles. The van der Waals surface area contributed by atoms with Gasteiger partial charge in [-0.3, -0.25) is 14.7 Å². The first kappa shape index (κ1) is 20.2. The minimum atomic E-state index is -0.612. The number of hydrogen-bond donors (Lipinski definition) is 2. The number of rotatable bonds is 3. The number of aromatic nitrogens is 2. The van der Waals surface area contributed by atoms with Crippen LogP contribution >= 0.6 is 22.9 Å². The SMILES string of the molecule is N#Cc1cnc2sc(C(=O)Nc3ccncc3)c3c2c1N(c1c(Cl)ccc2c1OCO2)C(=O)N3. The minimum absolute atomic E-state index is 0.0297. The second kappa shape index (κ2) is 7.58. The summed E-state index contributed by atoms with van der Waals surface area (Å²) in [5.74, 6) is 0.271. The van der Waals surface area contributed by atoms with E-state index in [1.54, 1.807) is 36.7 Å². The van der Waals surface area contributed by atoms with Crippen LogP contribution in [-0.2, 0) is 0 Å². The topological polar surface area (TPSA) is 129 Å². The van der Waals surface area contributed by atoms with Crippen molar-refractivity contribution < 1.29 is 19.1 Å². The van der Waals surface area contributed by atoms with Crippen molar-refractivity contribution in [1.82, 2.24) is 9.97 Å². The number of pyridine rings is 2. The van der Waals surface area contributed by atoms with Crippen molar-refractivity contribution in [2.45, 2.75) is 0 Å². The van der Waals surface area contributed by atoms with Crippen LogP contribution in [0.25, 0.3) is 10.2 Å². The third-order valence-electron chi connectivity index (χ3n) is 5.30. The molecule has 1 aromatic carbocycles. The Morgan fingerprint density at radius 2 is 2.06 bits per heavy atom. The van der Waals surface area contributed by atoms with Crippen LogP contribution < -0.4 is 25.0 Å². The van der Waals surface area contributed by atoms with Crippen molar-refractivity contribution in [1.29, 1.82) is 5.26 Å². The zero-order valence-electron chi connectivity index (χ0n) is 17.0. The van der Waals surface area contributed by atoms with Crippen molar-refractivity contribution in [2.24, 2.45) is 0 Å². The summed E-state index contributed by atoms with van der Waals surface area (Å²) in [5.41, 5.74) is 1.44. The molecular formula is C22H11ClN6O4S. The number of fused-ring (bicyclic) bond motifs is 1. The first-order chi connectivity index (χ1) is 16.6. The number of hydrogen-bond acceptors (Lipinski definition) is 8. The molecule has 3 aromatic heterocycles. The molecular weight excluding hydrogens is 480 g/mol. The number of amides is 3. The van der Waals surface area contributed by atoms with E-state index in [1.165, 1.54) is 11.1 Å². The predicted molar refractivity (Wildman–Crippen MR) is 125 cm³/mol. The lowest BCUT2D eigenvalue weighted by molar-refractivity contribution is 0.103. The van der Waals surface area contributed by atoms with E-state index in [2.05, 4.69) is 26.7 Å². The molecule has 0 atom stereocenters. The lowest BCUT2D eigenvalue weighted by Crippen LogP contribution is -2.35. The molecule has 0 fully saturated rings. The monoisotopic (exact) mass is 490 g/mol. The Morgan fingerprint density at radius 1 is 1.24 bits per heavy atom. The summed E-state index contributed by atoms with van der Waals surface area (Å²) in [6, 6.07) is 7.99. The van der Waals surface area contributed by atoms with Gasteiger partial charge in [-0.2, -0.15) is 5.26 Å². The molecule has 2 N–H and O–H groups in total. The average molecular weight is 491 g/mol. The molecule has 10 nitrogen and oxygen atoms in total. The summed E-state index contributed by atoms with van der Waals surface area (Å²) in [6.45, 7) is -0.0297. The molecule has 3 amide bonds. The molecule has 0 bridgehead atoms. The van der Waals surface area contributed by atoms with Crippen LogP contribution in [0.4, 0.5) is 27.5 Å². The summed E-state index contributed by atoms with van der Waals surface area (Å²) in [4.78, 5) is 36.8. The summed E-state index contributed by atoms with van der Waals surface area (Å²) in [5, 5.41) is 16.1. The molecule has 0 spiro atoms. The van der Waals surface area contributed by atoms with E-state index in [1.807, 2.05) is 0 Å². The van der Waals surface area contributed by atoms with Gasteiger partial charge in [0.15, 0.2) is 11.5 Å². The number of thiophene rings is 1. The maximum atomic E-state index is 13.4. The van der Waals surface area contributed by atoms with Crippen molar-refractivity contribution in [3.63, 3.8) is 0 Å². The standard InChI is InChI=1S/C22H11ClN6O4S/c23-12-1-2-13-18(33-9-32-13)17(12)29-16-10(7-24)8-26-21-14(16)15(28-22(29)31)19(34-21)20(30)27-11-3-5-25-6-4-11/h1-6,8H,9H2,(H,28,31)(H,25,27,30). The van der Waals surface area contributed by atoms with Crippen LogP contribution in [0.2, 0.25) is 5.02 Å². The van der Waals surface area contributed by atoms with E-state index in [0.29, 0.717) is 21.7 Å². The van der Waals surface area contributed by atoms with Gasteiger partial charge in [-0.25, -0.2) is 9.78 Å². The number of halogens is 1. The fourth-order valence-electron chi connectivity index (χ4n) is 3.88. The minimum Gasteiger partial charge on any atom is -0.454 e. The van der Waals surface area contributed by atoms with Gasteiger partial charge in [0.05, 0.1) is 27.3 Å². The summed E-state index contributed by atoms with van der Waals surface area (Å²) in [6.07, 6.45) is 4.47. The Bertz CT molecular complexity index is 1570. The van der Waals surface area contributed by atoms with Gasteiger partial charge < -0.3 is 20.1 Å². The number of nitrogens with zero attached hydrogens (tertiary/aromatic N) is 4. The molecule has 34 heavy (non-hydrogen) atoms. The molecule has 4 aromatic rings. The maximum absolute atomic E-state index is 13.4. The lowest BCUT2D eigenvalue weighted by Gasteiger charge is -2.30. The number of ether oxygens (including phenoxy) is 2. The molecule has 2 aliphatic heterocycles. The van der Waals surface area contributed by atoms with Gasteiger partial charge in [0.25, 0.3) is 5.91 Å². The van der Waals surface area contributed by atoms with Gasteiger partial charge >= 0.3 is 6.03 Å². The zero-order valence-corrected chi connectivity index (χ0v) is 18.5. The average Bonchev–Trinajstić information content (AvgIpc) is 3.46. The lowest BCUT2D eigenvalue weighted by atomic mass is 10.1. The Morgan fingerprint density at radius 3 is 2.85 bits per heavy atom. The summed E-state index contributed by atoms with van der Waals surface area (Å²) in [7, 11) is 0. The van der Waals surface area contributed by atoms with E-state index in [4.69, 9.17) is 21.1 Å². The molecule has 6 rings (SSSR count). The number of carbonyl (C=O) groups is 2. The van der Waals surface area contributed by atoms with E-state index in [-0.39, 0.29) is 45.1 Å². The van der Waals surface area contributed by atoms with Crippen molar-refractivity contribution in [2.75, 3.05) is 22.3 Å². The molecule has 12 heteroatoms. The van der Waals surface area contributed by atoms with Gasteiger partial charge in [-0.15, -0.1) is 11.3 Å². The smallest absolute Gasteiger partial charge is 0.331 e. The van der Waals surface area contributed by atoms with Crippen LogP contribution in [0, 0.1) is 11.3 Å². The third kappa shape index (κ3) is 2.93. The van der Waals surface area contributed by atoms with Crippen LogP contribution in [0.3, 0.4) is 0 Å². The molecule has 0 unspecified atom stereocenters. The first-order valence-corrected chi connectivity index (χ1v) is 11.0. The van der Waals surface area contributed by atoms with Gasteiger partial charge in [0.2, 0.25) is 6.79 Å². The fraction of sp³-hybridized carbons (Fsp3) is 0.0455. The highest BCUT2D eigenvalue weighted by molar-refractivity contribution is 7.21. The molecule has 2 aliphatic rings. The van der Waals surface area contributed by atoms with Gasteiger partial charge in [0.1, 0.15) is 21.5 Å². The summed E-state index contributed by atoms with van der Waals surface area (Å²) >= 11 is 7.59. The first-order valence-electron chi connectivity index (χ1n) is 9.83. The third-order valence-corrected chi connectivity index (χ3v) is 6.70. The molecule has 0 aliphatic carbocycles. The normalized spacial score (nSPS) is 13.5. The van der Waals surface area contributed by atoms with E-state index in [9.17, 15) is 14.9 Å². The molecule has 0 saturated carbocycles. The maximum Gasteiger partial charge on any atom is 0.331 e. The van der Waals surface area contributed by atoms with Crippen LogP contribution in [0.15, 0.2) is 42.9 Å². The Hall–Kier alpha value is -4.40. The van der Waals surface area contributed by atoms with Gasteiger partial charge in [0, 0.05) is 24.3 Å². The highest BCUT2D eigenvalue weighted by atomic mass is 35.5. The molecule has 5 heterocycles. The van der Waals surface area contributed by atoms with Gasteiger partial charge in [-0.1, -0.05) is 11.6 Å². The Kier molecular flexibility index (Phi) is 4.51.